The second-order valence-electron chi connectivity index (χ2n) is 26.3. The summed E-state index contributed by atoms with van der Waals surface area (Å²) in [5.74, 6) is -2.00. The van der Waals surface area contributed by atoms with Crippen molar-refractivity contribution in [1.29, 1.82) is 0 Å². The zero-order chi connectivity index (χ0) is 68.9. The van der Waals surface area contributed by atoms with E-state index in [1.54, 1.807) is 0 Å². The highest BCUT2D eigenvalue weighted by Gasteiger charge is 2.58. The lowest BCUT2D eigenvalue weighted by Gasteiger charge is -2.49. The molecule has 0 bridgehead atoms. The zero-order valence-corrected chi connectivity index (χ0v) is 58.2. The van der Waals surface area contributed by atoms with E-state index in [9.17, 15) is 74.9 Å². The highest BCUT2D eigenvalue weighted by Crippen LogP contribution is 2.49. The molecule has 94 heavy (non-hydrogen) atoms. The monoisotopic (exact) mass is 1370 g/mol. The third kappa shape index (κ3) is 35.1. The summed E-state index contributed by atoms with van der Waals surface area (Å²) in [6.07, 6.45) is 8.72. The van der Waals surface area contributed by atoms with E-state index < -0.39 is 156 Å². The summed E-state index contributed by atoms with van der Waals surface area (Å²) in [6, 6.07) is 0. The molecule has 0 radical (unpaired) electrons. The van der Waals surface area contributed by atoms with Gasteiger partial charge in [0.05, 0.1) is 13.2 Å². The van der Waals surface area contributed by atoms with Crippen LogP contribution in [0, 0.1) is 0 Å². The highest BCUT2D eigenvalue weighted by molar-refractivity contribution is 7.47. The molecule has 18 unspecified atom stereocenters. The lowest BCUT2D eigenvalue weighted by Crippen LogP contribution is -2.69. The van der Waals surface area contributed by atoms with Gasteiger partial charge in [0.15, 0.2) is 18.7 Å². The molecule has 25 heteroatoms. The van der Waals surface area contributed by atoms with Gasteiger partial charge in [0.25, 0.3) is 0 Å². The summed E-state index contributed by atoms with van der Waals surface area (Å²) < 4.78 is 64.9. The van der Waals surface area contributed by atoms with Crippen LogP contribution in [0.25, 0.3) is 0 Å². The second kappa shape index (κ2) is 51.8. The summed E-state index contributed by atoms with van der Waals surface area (Å²) in [5, 5.41) is 110. The molecule has 18 atom stereocenters. The number of rotatable bonds is 56. The average Bonchev–Trinajstić information content (AvgIpc) is 0.766. The van der Waals surface area contributed by atoms with Crippen molar-refractivity contribution in [1.82, 2.24) is 0 Å². The number of aliphatic hydroxyl groups is 10. The van der Waals surface area contributed by atoms with Gasteiger partial charge in [0.2, 0.25) is 0 Å². The molecule has 0 aromatic carbocycles. The average molecular weight is 1370 g/mol. The van der Waals surface area contributed by atoms with Gasteiger partial charge < -0.3 is 89.1 Å². The number of allylic oxidation sites excluding steroid dienone is 2. The number of phosphoric ester groups is 1. The molecule has 0 aromatic rings. The molecule has 11 N–H and O–H groups in total. The fourth-order valence-corrected chi connectivity index (χ4v) is 13.0. The Morgan fingerprint density at radius 1 is 0.404 bits per heavy atom. The number of carbonyl (C=O) groups excluding carboxylic acids is 3. The summed E-state index contributed by atoms with van der Waals surface area (Å²) >= 11 is 0. The molecule has 24 nitrogen and oxygen atoms in total. The summed E-state index contributed by atoms with van der Waals surface area (Å²) in [7, 11) is -5.69. The van der Waals surface area contributed by atoms with E-state index in [-0.39, 0.29) is 19.3 Å². The van der Waals surface area contributed by atoms with Crippen LogP contribution in [-0.4, -0.2) is 204 Å². The van der Waals surface area contributed by atoms with Gasteiger partial charge in [0, 0.05) is 19.3 Å². The number of phosphoric acid groups is 1. The van der Waals surface area contributed by atoms with Gasteiger partial charge in [-0.1, -0.05) is 226 Å². The van der Waals surface area contributed by atoms with Gasteiger partial charge in [-0.3, -0.25) is 23.4 Å². The Balaban J connectivity index is 1.75. The lowest BCUT2D eigenvalue weighted by atomic mass is 9.84. The van der Waals surface area contributed by atoms with Gasteiger partial charge in [-0.25, -0.2) is 4.57 Å². The number of unbranched alkanes of at least 4 members (excludes halogenated alkanes) is 33. The molecule has 552 valence electrons. The molecular formula is C69H127O24P. The number of ether oxygens (including phenoxy) is 7. The topological polar surface area (TPSA) is 374 Å². The van der Waals surface area contributed by atoms with Crippen LogP contribution >= 0.6 is 7.82 Å². The van der Waals surface area contributed by atoms with E-state index in [1.807, 2.05) is 0 Å². The summed E-state index contributed by atoms with van der Waals surface area (Å²) in [6.45, 7) is 3.41. The zero-order valence-electron chi connectivity index (χ0n) is 57.3. The normalized spacial score (nSPS) is 28.3. The molecule has 3 rings (SSSR count). The maximum Gasteiger partial charge on any atom is 0.472 e. The third-order valence-corrected chi connectivity index (χ3v) is 19.0. The Morgan fingerprint density at radius 3 is 1.16 bits per heavy atom. The molecule has 2 aliphatic heterocycles. The van der Waals surface area contributed by atoms with Crippen LogP contribution < -0.4 is 0 Å². The number of hydrogen-bond acceptors (Lipinski definition) is 23. The maximum atomic E-state index is 14.3. The van der Waals surface area contributed by atoms with Gasteiger partial charge >= 0.3 is 25.7 Å². The first-order chi connectivity index (χ1) is 45.3. The van der Waals surface area contributed by atoms with Crippen molar-refractivity contribution in [2.75, 3.05) is 26.4 Å². The van der Waals surface area contributed by atoms with Crippen LogP contribution in [0.4, 0.5) is 0 Å². The molecule has 0 amide bonds. The highest BCUT2D eigenvalue weighted by atomic mass is 31.2. The molecular weight excluding hydrogens is 1240 g/mol. The molecule has 3 fully saturated rings. The Morgan fingerprint density at radius 2 is 0.745 bits per heavy atom. The van der Waals surface area contributed by atoms with E-state index >= 15 is 0 Å². The van der Waals surface area contributed by atoms with Crippen molar-refractivity contribution in [2.45, 2.75) is 382 Å². The number of hydrogen-bond donors (Lipinski definition) is 11. The maximum absolute atomic E-state index is 14.3. The van der Waals surface area contributed by atoms with Crippen molar-refractivity contribution in [3.8, 4) is 0 Å². The summed E-state index contributed by atoms with van der Waals surface area (Å²) in [5.41, 5.74) is 0. The fourth-order valence-electron chi connectivity index (χ4n) is 12.0. The predicted octanol–water partition coefficient (Wildman–Crippen LogP) is 9.18. The SMILES string of the molecule is CCCCCCCC/C=C\CCCCCC(=O)OCC1OC(OC2C(O)C(O)C(O)C(OC3OC(CO)C(O)C(O)C3O)C2OP(=O)(O)OCC(COC(=O)CCCCCCCCCCCCCCCC)OC(=O)CCCCCCCCCCCCCC)C(O)C(O)C1O. The first-order valence-corrected chi connectivity index (χ1v) is 38.0. The van der Waals surface area contributed by atoms with E-state index in [2.05, 4.69) is 32.9 Å². The Kier molecular flexibility index (Phi) is 47.3. The lowest BCUT2D eigenvalue weighted by molar-refractivity contribution is -0.360. The third-order valence-electron chi connectivity index (χ3n) is 18.0. The second-order valence-corrected chi connectivity index (χ2v) is 27.7. The van der Waals surface area contributed by atoms with E-state index in [4.69, 9.17) is 42.2 Å². The Hall–Kier alpha value is -2.30. The van der Waals surface area contributed by atoms with Crippen molar-refractivity contribution in [3.63, 3.8) is 0 Å². The van der Waals surface area contributed by atoms with E-state index in [0.717, 1.165) is 89.9 Å². The minimum Gasteiger partial charge on any atom is -0.463 e. The van der Waals surface area contributed by atoms with E-state index in [0.29, 0.717) is 19.3 Å². The molecule has 0 aromatic heterocycles. The van der Waals surface area contributed by atoms with Crippen LogP contribution in [-0.2, 0) is 61.2 Å². The molecule has 2 heterocycles. The molecule has 1 aliphatic carbocycles. The van der Waals surface area contributed by atoms with Crippen LogP contribution in [0.2, 0.25) is 0 Å². The standard InChI is InChI=1S/C69H127O24P/c1-4-7-10-13-16-19-22-25-27-30-31-34-37-40-43-53(71)85-47-50(88-55(73)45-42-39-36-33-28-24-21-18-15-12-9-6-3)48-87-94(83,84)93-67-65(91-68-63(81)58(76)56(74)51(46-70)89-68)61(79)60(78)62(80)66(67)92-69-64(82)59(77)57(75)52(90-69)49-86-54(72)44-41-38-35-32-29-26-23-20-17-14-11-8-5-2/h26,29,50-52,56-70,74-82H,4-25,27-28,30-49H2,1-3H3,(H,83,84)/b29-26-. The molecule has 3 aliphatic rings. The first kappa shape index (κ1) is 85.9. The molecule has 1 saturated carbocycles. The van der Waals surface area contributed by atoms with Crippen LogP contribution in [0.3, 0.4) is 0 Å². The molecule has 0 spiro atoms. The van der Waals surface area contributed by atoms with Gasteiger partial charge in [-0.15, -0.1) is 0 Å². The minimum absolute atomic E-state index is 0.00931. The minimum atomic E-state index is -5.69. The van der Waals surface area contributed by atoms with Crippen molar-refractivity contribution < 1.29 is 117 Å². The van der Waals surface area contributed by atoms with Gasteiger partial charge in [0.1, 0.15) is 98.7 Å². The van der Waals surface area contributed by atoms with Crippen LogP contribution in [0.1, 0.15) is 278 Å². The van der Waals surface area contributed by atoms with E-state index in [1.165, 1.54) is 128 Å². The van der Waals surface area contributed by atoms with Gasteiger partial charge in [-0.05, 0) is 44.9 Å². The quantitative estimate of drug-likeness (QED) is 0.00888. The van der Waals surface area contributed by atoms with Crippen LogP contribution in [0.15, 0.2) is 12.2 Å². The first-order valence-electron chi connectivity index (χ1n) is 36.5. The van der Waals surface area contributed by atoms with Crippen LogP contribution in [0.5, 0.6) is 0 Å². The largest absolute Gasteiger partial charge is 0.472 e. The molecule has 2 saturated heterocycles. The predicted molar refractivity (Wildman–Crippen MR) is 352 cm³/mol. The van der Waals surface area contributed by atoms with Gasteiger partial charge in [-0.2, -0.15) is 0 Å². The van der Waals surface area contributed by atoms with Crippen molar-refractivity contribution in [2.24, 2.45) is 0 Å². The fraction of sp³-hybridized carbons (Fsp3) is 0.928. The van der Waals surface area contributed by atoms with Crippen molar-refractivity contribution >= 4 is 25.7 Å². The Labute approximate surface area is 561 Å². The smallest absolute Gasteiger partial charge is 0.463 e. The van der Waals surface area contributed by atoms with Crippen molar-refractivity contribution in [3.05, 3.63) is 12.2 Å². The number of esters is 3. The summed E-state index contributed by atoms with van der Waals surface area (Å²) in [4.78, 5) is 50.9. The number of aliphatic hydroxyl groups excluding tert-OH is 10. The Bertz CT molecular complexity index is 2010. The number of carbonyl (C=O) groups is 3.